The molecule has 14 heteroatoms. The Labute approximate surface area is 308 Å². The number of carbonyl (C=O) groups excluding carboxylic acids is 2. The summed E-state index contributed by atoms with van der Waals surface area (Å²) >= 11 is 6.42. The van der Waals surface area contributed by atoms with Crippen molar-refractivity contribution in [2.24, 2.45) is 17.8 Å². The van der Waals surface area contributed by atoms with Crippen LogP contribution < -0.4 is 14.8 Å². The number of aromatic nitrogens is 4. The second-order valence-corrected chi connectivity index (χ2v) is 17.1. The minimum absolute atomic E-state index is 0.0454. The van der Waals surface area contributed by atoms with Gasteiger partial charge in [-0.05, 0) is 134 Å². The van der Waals surface area contributed by atoms with E-state index < -0.39 is 22.5 Å². The van der Waals surface area contributed by atoms with E-state index in [4.69, 9.17) is 21.1 Å². The predicted octanol–water partition coefficient (Wildman–Crippen LogP) is 7.34. The van der Waals surface area contributed by atoms with Crippen LogP contribution in [-0.2, 0) is 15.7 Å². The van der Waals surface area contributed by atoms with Crippen LogP contribution in [0.3, 0.4) is 0 Å². The summed E-state index contributed by atoms with van der Waals surface area (Å²) in [6.07, 6.45) is 11.4. The van der Waals surface area contributed by atoms with Crippen molar-refractivity contribution in [2.45, 2.75) is 115 Å². The summed E-state index contributed by atoms with van der Waals surface area (Å²) in [6.45, 7) is 11.0. The molecule has 0 radical (unpaired) electrons. The summed E-state index contributed by atoms with van der Waals surface area (Å²) in [5.41, 5.74) is -0.742. The van der Waals surface area contributed by atoms with E-state index in [0.717, 1.165) is 49.9 Å². The lowest BCUT2D eigenvalue weighted by atomic mass is 9.95. The van der Waals surface area contributed by atoms with Gasteiger partial charge in [-0.2, -0.15) is 0 Å². The van der Waals surface area contributed by atoms with Crippen molar-refractivity contribution in [3.05, 3.63) is 53.3 Å². The van der Waals surface area contributed by atoms with E-state index in [-0.39, 0.29) is 33.4 Å². The highest BCUT2D eigenvalue weighted by Gasteiger charge is 2.44. The molecule has 6 rings (SSSR count). The van der Waals surface area contributed by atoms with E-state index in [1.807, 2.05) is 25.7 Å². The summed E-state index contributed by atoms with van der Waals surface area (Å²) in [7, 11) is -1.94. The predicted molar refractivity (Wildman–Crippen MR) is 196 cm³/mol. The van der Waals surface area contributed by atoms with E-state index in [0.29, 0.717) is 30.7 Å². The molecule has 0 spiro atoms. The largest absolute Gasteiger partial charge is 0.477 e. The van der Waals surface area contributed by atoms with Gasteiger partial charge in [-0.1, -0.05) is 17.7 Å². The zero-order valence-corrected chi connectivity index (χ0v) is 31.8. The molecule has 4 heterocycles. The SMILES string of the molecule is CC(C)(C)OC(=O)N1C(CCCNc2cccc(S(=O)NC(=O)c3ccc(-n4ccc(OCCC(C5CC5)C5CC5)n4)nc3Cl)n2)CCC1(C)C. The minimum Gasteiger partial charge on any atom is -0.477 e. The number of ether oxygens (including phenoxy) is 2. The average Bonchev–Trinajstić information content (AvgIpc) is 4.01. The van der Waals surface area contributed by atoms with Crippen LogP contribution in [0.2, 0.25) is 5.15 Å². The van der Waals surface area contributed by atoms with Gasteiger partial charge in [0.2, 0.25) is 5.88 Å². The van der Waals surface area contributed by atoms with E-state index in [1.165, 1.54) is 31.7 Å². The second kappa shape index (κ2) is 15.5. The van der Waals surface area contributed by atoms with Gasteiger partial charge in [-0.3, -0.25) is 9.52 Å². The summed E-state index contributed by atoms with van der Waals surface area (Å²) < 4.78 is 28.8. The molecule has 2 unspecified atom stereocenters. The molecule has 0 aromatic carbocycles. The first-order valence-electron chi connectivity index (χ1n) is 18.1. The summed E-state index contributed by atoms with van der Waals surface area (Å²) in [5.74, 6) is 3.38. The Morgan fingerprint density at radius 3 is 2.49 bits per heavy atom. The molecule has 2 saturated carbocycles. The van der Waals surface area contributed by atoms with Crippen LogP contribution in [0.1, 0.15) is 103 Å². The molecule has 2 aliphatic carbocycles. The van der Waals surface area contributed by atoms with Crippen molar-refractivity contribution < 1.29 is 23.3 Å². The fraction of sp³-hybridized carbons (Fsp3) is 0.595. The third-order valence-electron chi connectivity index (χ3n) is 9.85. The zero-order valence-electron chi connectivity index (χ0n) is 30.2. The van der Waals surface area contributed by atoms with Crippen molar-refractivity contribution in [3.8, 4) is 11.7 Å². The maximum absolute atomic E-state index is 13.1. The quantitative estimate of drug-likeness (QED) is 0.121. The molecule has 2 atom stereocenters. The Kier molecular flexibility index (Phi) is 11.3. The summed E-state index contributed by atoms with van der Waals surface area (Å²) in [6, 6.07) is 10.1. The molecule has 3 aliphatic rings. The lowest BCUT2D eigenvalue weighted by Crippen LogP contribution is -2.49. The molecule has 12 nitrogen and oxygen atoms in total. The van der Waals surface area contributed by atoms with Gasteiger partial charge in [0, 0.05) is 30.4 Å². The molecule has 1 saturated heterocycles. The molecule has 1 aliphatic heterocycles. The molecule has 51 heavy (non-hydrogen) atoms. The number of nitrogens with zero attached hydrogens (tertiary/aromatic N) is 5. The van der Waals surface area contributed by atoms with Crippen molar-refractivity contribution in [3.63, 3.8) is 0 Å². The normalized spacial score (nSPS) is 19.2. The summed E-state index contributed by atoms with van der Waals surface area (Å²) in [4.78, 5) is 36.7. The monoisotopic (exact) mass is 739 g/mol. The van der Waals surface area contributed by atoms with Crippen LogP contribution in [0, 0.1) is 17.8 Å². The third kappa shape index (κ3) is 9.79. The van der Waals surface area contributed by atoms with E-state index >= 15 is 0 Å². The van der Waals surface area contributed by atoms with Gasteiger partial charge in [0.1, 0.15) is 16.6 Å². The lowest BCUT2D eigenvalue weighted by Gasteiger charge is -2.37. The molecule has 2 amide bonds. The van der Waals surface area contributed by atoms with Gasteiger partial charge in [-0.15, -0.1) is 5.10 Å². The lowest BCUT2D eigenvalue weighted by molar-refractivity contribution is 0.00293. The Morgan fingerprint density at radius 2 is 1.80 bits per heavy atom. The van der Waals surface area contributed by atoms with Crippen LogP contribution in [0.25, 0.3) is 5.82 Å². The average molecular weight is 740 g/mol. The maximum atomic E-state index is 13.1. The molecule has 3 aromatic heterocycles. The Balaban J connectivity index is 0.971. The van der Waals surface area contributed by atoms with Gasteiger partial charge in [0.25, 0.3) is 5.91 Å². The van der Waals surface area contributed by atoms with E-state index in [9.17, 15) is 13.8 Å². The highest BCUT2D eigenvalue weighted by atomic mass is 35.5. The van der Waals surface area contributed by atoms with Crippen molar-refractivity contribution >= 4 is 40.4 Å². The van der Waals surface area contributed by atoms with E-state index in [1.54, 1.807) is 41.2 Å². The standard InChI is InChI=1S/C37H50ClN7O5S/c1-36(2,3)50-35(47)45-26(17-20-37(45,4)5)8-7-21-39-29-9-6-10-32(40-29)51(48)43-34(46)28-15-16-30(41-33(28)38)44-22-18-31(42-44)49-23-19-27(24-11-12-24)25-13-14-25/h6,9-10,15-16,18,22,24-27H,7-8,11-14,17,19-21,23H2,1-5H3,(H,39,40)(H,43,46). The fourth-order valence-electron chi connectivity index (χ4n) is 7.04. The Bertz CT molecular complexity index is 1720. The van der Waals surface area contributed by atoms with E-state index in [2.05, 4.69) is 39.0 Å². The molecule has 2 N–H and O–H groups in total. The Hall–Kier alpha value is -3.71. The first kappa shape index (κ1) is 37.1. The number of hydrogen-bond donors (Lipinski definition) is 2. The number of nitrogens with one attached hydrogen (secondary N) is 2. The number of pyridine rings is 2. The first-order valence-corrected chi connectivity index (χ1v) is 19.6. The van der Waals surface area contributed by atoms with Crippen LogP contribution in [0.15, 0.2) is 47.6 Å². The molecule has 3 fully saturated rings. The number of halogens is 1. The number of anilines is 1. The third-order valence-corrected chi connectivity index (χ3v) is 11.1. The first-order chi connectivity index (χ1) is 24.3. The number of carbonyl (C=O) groups is 2. The molecule has 0 bridgehead atoms. The zero-order chi connectivity index (χ0) is 36.3. The van der Waals surface area contributed by atoms with Crippen molar-refractivity contribution in [1.29, 1.82) is 0 Å². The van der Waals surface area contributed by atoms with Crippen LogP contribution in [0.5, 0.6) is 5.88 Å². The number of likely N-dealkylation sites (tertiary alicyclic amines) is 1. The highest BCUT2D eigenvalue weighted by molar-refractivity contribution is 7.83. The number of hydrogen-bond acceptors (Lipinski definition) is 9. The smallest absolute Gasteiger partial charge is 0.410 e. The summed E-state index contributed by atoms with van der Waals surface area (Å²) in [5, 5.41) is 7.89. The highest BCUT2D eigenvalue weighted by Crippen LogP contribution is 2.50. The topological polar surface area (TPSA) is 141 Å². The van der Waals surface area contributed by atoms with Crippen LogP contribution in [-0.4, -0.2) is 71.2 Å². The molecular formula is C37H50ClN7O5S. The van der Waals surface area contributed by atoms with Crippen molar-refractivity contribution in [1.82, 2.24) is 29.4 Å². The van der Waals surface area contributed by atoms with Gasteiger partial charge < -0.3 is 19.7 Å². The van der Waals surface area contributed by atoms with Crippen molar-refractivity contribution in [2.75, 3.05) is 18.5 Å². The van der Waals surface area contributed by atoms with Gasteiger partial charge in [0.05, 0.1) is 12.2 Å². The number of amides is 2. The fourth-order valence-corrected chi connectivity index (χ4v) is 8.05. The van der Waals surface area contributed by atoms with Gasteiger partial charge in [-0.25, -0.2) is 23.7 Å². The second-order valence-electron chi connectivity index (χ2n) is 15.6. The molecule has 3 aromatic rings. The van der Waals surface area contributed by atoms with Crippen LogP contribution >= 0.6 is 11.6 Å². The number of rotatable bonds is 15. The molecule has 276 valence electrons. The van der Waals surface area contributed by atoms with Gasteiger partial charge >= 0.3 is 6.09 Å². The maximum Gasteiger partial charge on any atom is 0.410 e. The van der Waals surface area contributed by atoms with Gasteiger partial charge in [0.15, 0.2) is 21.8 Å². The Morgan fingerprint density at radius 1 is 1.06 bits per heavy atom. The molecular weight excluding hydrogens is 690 g/mol. The van der Waals surface area contributed by atoms with Crippen LogP contribution in [0.4, 0.5) is 10.6 Å². The minimum atomic E-state index is -1.94.